The van der Waals surface area contributed by atoms with E-state index in [-0.39, 0.29) is 6.09 Å². The molecule has 0 radical (unpaired) electrons. The molecule has 122 valence electrons. The van der Waals surface area contributed by atoms with Crippen molar-refractivity contribution in [2.45, 2.75) is 51.8 Å². The molecule has 0 unspecified atom stereocenters. The summed E-state index contributed by atoms with van der Waals surface area (Å²) >= 11 is 0. The fourth-order valence-electron chi connectivity index (χ4n) is 2.71. The molecule has 0 aliphatic carbocycles. The Labute approximate surface area is 133 Å². The number of ether oxygens (including phenoxy) is 1. The van der Waals surface area contributed by atoms with Gasteiger partial charge in [0.15, 0.2) is 0 Å². The predicted molar refractivity (Wildman–Crippen MR) is 86.5 cm³/mol. The van der Waals surface area contributed by atoms with Crippen LogP contribution in [0.1, 0.15) is 39.2 Å². The van der Waals surface area contributed by atoms with Crippen molar-refractivity contribution in [3.8, 4) is 0 Å². The summed E-state index contributed by atoms with van der Waals surface area (Å²) in [7, 11) is 2.11. The van der Waals surface area contributed by atoms with Crippen molar-refractivity contribution in [1.29, 1.82) is 0 Å². The Hall–Kier alpha value is -1.62. The van der Waals surface area contributed by atoms with E-state index in [1.807, 2.05) is 50.2 Å². The number of rotatable bonds is 3. The van der Waals surface area contributed by atoms with Crippen molar-refractivity contribution in [3.05, 3.63) is 30.1 Å². The van der Waals surface area contributed by atoms with Gasteiger partial charge < -0.3 is 9.64 Å². The summed E-state index contributed by atoms with van der Waals surface area (Å²) in [5.41, 5.74) is 0.805. The second-order valence-corrected chi connectivity index (χ2v) is 6.99. The van der Waals surface area contributed by atoms with Gasteiger partial charge in [0.1, 0.15) is 5.60 Å². The van der Waals surface area contributed by atoms with E-state index >= 15 is 0 Å². The highest BCUT2D eigenvalue weighted by molar-refractivity contribution is 5.68. The van der Waals surface area contributed by atoms with Crippen LogP contribution in [-0.4, -0.2) is 52.7 Å². The molecule has 2 rings (SSSR count). The molecule has 1 aromatic rings. The van der Waals surface area contributed by atoms with E-state index in [1.54, 1.807) is 0 Å². The van der Waals surface area contributed by atoms with Crippen LogP contribution >= 0.6 is 0 Å². The van der Waals surface area contributed by atoms with Crippen LogP contribution in [0.4, 0.5) is 4.79 Å². The van der Waals surface area contributed by atoms with Gasteiger partial charge in [-0.15, -0.1) is 0 Å². The SMILES string of the molecule is CN(Cc1ccncc1)[C@H]1CCCN(C(=O)OC(C)(C)C)C1. The van der Waals surface area contributed by atoms with Crippen molar-refractivity contribution in [3.63, 3.8) is 0 Å². The fraction of sp³-hybridized carbons (Fsp3) is 0.647. The van der Waals surface area contributed by atoms with Gasteiger partial charge >= 0.3 is 6.09 Å². The number of likely N-dealkylation sites (N-methyl/N-ethyl adjacent to an activating group) is 1. The van der Waals surface area contributed by atoms with Crippen molar-refractivity contribution in [1.82, 2.24) is 14.8 Å². The summed E-state index contributed by atoms with van der Waals surface area (Å²) < 4.78 is 5.48. The lowest BCUT2D eigenvalue weighted by Crippen LogP contribution is -2.49. The Balaban J connectivity index is 1.91. The number of nitrogens with zero attached hydrogens (tertiary/aromatic N) is 3. The van der Waals surface area contributed by atoms with Gasteiger partial charge in [-0.05, 0) is 58.4 Å². The first-order valence-corrected chi connectivity index (χ1v) is 7.92. The zero-order chi connectivity index (χ0) is 16.2. The van der Waals surface area contributed by atoms with E-state index in [0.717, 1.165) is 32.5 Å². The highest BCUT2D eigenvalue weighted by Gasteiger charge is 2.29. The number of hydrogen-bond donors (Lipinski definition) is 0. The summed E-state index contributed by atoms with van der Waals surface area (Å²) in [4.78, 5) is 20.4. The first-order valence-electron chi connectivity index (χ1n) is 7.92. The lowest BCUT2D eigenvalue weighted by molar-refractivity contribution is 0.0121. The van der Waals surface area contributed by atoms with Crippen LogP contribution in [0.25, 0.3) is 0 Å². The predicted octanol–water partition coefficient (Wildman–Crippen LogP) is 2.91. The van der Waals surface area contributed by atoms with E-state index in [1.165, 1.54) is 5.56 Å². The molecule has 1 aliphatic rings. The number of amides is 1. The van der Waals surface area contributed by atoms with Gasteiger partial charge in [-0.25, -0.2) is 4.79 Å². The van der Waals surface area contributed by atoms with Crippen LogP contribution in [0.5, 0.6) is 0 Å². The smallest absolute Gasteiger partial charge is 0.410 e. The Morgan fingerprint density at radius 1 is 1.41 bits per heavy atom. The molecule has 2 heterocycles. The van der Waals surface area contributed by atoms with Gasteiger partial charge in [0, 0.05) is 38.1 Å². The maximum Gasteiger partial charge on any atom is 0.410 e. The van der Waals surface area contributed by atoms with Gasteiger partial charge in [-0.3, -0.25) is 9.88 Å². The fourth-order valence-corrected chi connectivity index (χ4v) is 2.71. The Bertz CT molecular complexity index is 484. The molecule has 0 aromatic carbocycles. The summed E-state index contributed by atoms with van der Waals surface area (Å²) in [5.74, 6) is 0. The second kappa shape index (κ2) is 7.09. The van der Waals surface area contributed by atoms with Crippen LogP contribution in [0.3, 0.4) is 0 Å². The number of aromatic nitrogens is 1. The van der Waals surface area contributed by atoms with Crippen LogP contribution in [-0.2, 0) is 11.3 Å². The average Bonchev–Trinajstić information content (AvgIpc) is 2.46. The molecule has 22 heavy (non-hydrogen) atoms. The Kier molecular flexibility index (Phi) is 5.40. The first-order chi connectivity index (χ1) is 10.3. The van der Waals surface area contributed by atoms with Gasteiger partial charge in [0.25, 0.3) is 0 Å². The Morgan fingerprint density at radius 2 is 2.09 bits per heavy atom. The molecule has 1 saturated heterocycles. The summed E-state index contributed by atoms with van der Waals surface area (Å²) in [6.45, 7) is 8.10. The van der Waals surface area contributed by atoms with Crippen molar-refractivity contribution in [2.75, 3.05) is 20.1 Å². The molecular weight excluding hydrogens is 278 g/mol. The van der Waals surface area contributed by atoms with Crippen LogP contribution in [0.15, 0.2) is 24.5 Å². The molecule has 0 spiro atoms. The molecule has 5 heteroatoms. The van der Waals surface area contributed by atoms with E-state index in [0.29, 0.717) is 6.04 Å². The monoisotopic (exact) mass is 305 g/mol. The van der Waals surface area contributed by atoms with E-state index < -0.39 is 5.60 Å². The molecule has 1 aliphatic heterocycles. The minimum absolute atomic E-state index is 0.200. The highest BCUT2D eigenvalue weighted by Crippen LogP contribution is 2.19. The molecule has 0 saturated carbocycles. The molecule has 1 fully saturated rings. The minimum Gasteiger partial charge on any atom is -0.444 e. The van der Waals surface area contributed by atoms with Crippen LogP contribution < -0.4 is 0 Å². The standard InChI is InChI=1S/C17H27N3O2/c1-17(2,3)22-16(21)20-11-5-6-15(13-20)19(4)12-14-7-9-18-10-8-14/h7-10,15H,5-6,11-13H2,1-4H3/t15-/m0/s1. The molecular formula is C17H27N3O2. The normalized spacial score (nSPS) is 19.3. The maximum absolute atomic E-state index is 12.2. The number of likely N-dealkylation sites (tertiary alicyclic amines) is 1. The van der Waals surface area contributed by atoms with Crippen LogP contribution in [0, 0.1) is 0 Å². The number of piperidine rings is 1. The van der Waals surface area contributed by atoms with Gasteiger partial charge in [0.2, 0.25) is 0 Å². The van der Waals surface area contributed by atoms with Gasteiger partial charge in [-0.2, -0.15) is 0 Å². The zero-order valence-corrected chi connectivity index (χ0v) is 14.1. The largest absolute Gasteiger partial charge is 0.444 e. The lowest BCUT2D eigenvalue weighted by Gasteiger charge is -2.38. The minimum atomic E-state index is -0.438. The molecule has 5 nitrogen and oxygen atoms in total. The van der Waals surface area contributed by atoms with Crippen molar-refractivity contribution >= 4 is 6.09 Å². The van der Waals surface area contributed by atoms with E-state index in [9.17, 15) is 4.79 Å². The zero-order valence-electron chi connectivity index (χ0n) is 14.1. The third-order valence-corrected chi connectivity index (χ3v) is 3.85. The number of carbonyl (C=O) groups is 1. The highest BCUT2D eigenvalue weighted by atomic mass is 16.6. The maximum atomic E-state index is 12.2. The van der Waals surface area contributed by atoms with Gasteiger partial charge in [0.05, 0.1) is 0 Å². The third-order valence-electron chi connectivity index (χ3n) is 3.85. The molecule has 1 aromatic heterocycles. The van der Waals surface area contributed by atoms with Crippen LogP contribution in [0.2, 0.25) is 0 Å². The summed E-state index contributed by atoms with van der Waals surface area (Å²) in [6.07, 6.45) is 5.56. The summed E-state index contributed by atoms with van der Waals surface area (Å²) in [6, 6.07) is 4.44. The molecule has 1 amide bonds. The topological polar surface area (TPSA) is 45.7 Å². The molecule has 1 atom stereocenters. The molecule has 0 bridgehead atoms. The number of carbonyl (C=O) groups excluding carboxylic acids is 1. The van der Waals surface area contributed by atoms with E-state index in [4.69, 9.17) is 4.74 Å². The Morgan fingerprint density at radius 3 is 2.73 bits per heavy atom. The molecule has 0 N–H and O–H groups in total. The average molecular weight is 305 g/mol. The van der Waals surface area contributed by atoms with E-state index in [2.05, 4.69) is 16.9 Å². The van der Waals surface area contributed by atoms with Gasteiger partial charge in [-0.1, -0.05) is 0 Å². The van der Waals surface area contributed by atoms with Crippen molar-refractivity contribution < 1.29 is 9.53 Å². The summed E-state index contributed by atoms with van der Waals surface area (Å²) in [5, 5.41) is 0. The quantitative estimate of drug-likeness (QED) is 0.861. The first kappa shape index (κ1) is 16.7. The number of pyridine rings is 1. The lowest BCUT2D eigenvalue weighted by atomic mass is 10.0. The second-order valence-electron chi connectivity index (χ2n) is 6.99. The van der Waals surface area contributed by atoms with Crippen molar-refractivity contribution in [2.24, 2.45) is 0 Å². The number of hydrogen-bond acceptors (Lipinski definition) is 4. The third kappa shape index (κ3) is 4.98.